The van der Waals surface area contributed by atoms with Crippen molar-refractivity contribution >= 4 is 11.7 Å². The Kier molecular flexibility index (Phi) is 5.55. The molecule has 0 aliphatic carbocycles. The first-order valence-corrected chi connectivity index (χ1v) is 7.36. The number of pyridine rings is 1. The maximum absolute atomic E-state index is 12.0. The van der Waals surface area contributed by atoms with Crippen molar-refractivity contribution < 1.29 is 14.3 Å². The molecular weight excluding hydrogens is 282 g/mol. The van der Waals surface area contributed by atoms with E-state index in [0.717, 1.165) is 18.9 Å². The van der Waals surface area contributed by atoms with Gasteiger partial charge in [0.2, 0.25) is 0 Å². The zero-order valence-corrected chi connectivity index (χ0v) is 12.8. The predicted octanol–water partition coefficient (Wildman–Crippen LogP) is 1.98. The summed E-state index contributed by atoms with van der Waals surface area (Å²) in [6.07, 6.45) is 2.17. The first-order chi connectivity index (χ1) is 10.7. The van der Waals surface area contributed by atoms with Crippen LogP contribution in [0.15, 0.2) is 41.1 Å². The second-order valence-electron chi connectivity index (χ2n) is 4.82. The summed E-state index contributed by atoms with van der Waals surface area (Å²) in [5, 5.41) is 12.5. The van der Waals surface area contributed by atoms with Crippen LogP contribution in [0.4, 0.5) is 5.82 Å². The average molecular weight is 303 g/mol. The predicted molar refractivity (Wildman–Crippen MR) is 83.8 cm³/mol. The van der Waals surface area contributed by atoms with Crippen LogP contribution in [0.25, 0.3) is 0 Å². The molecule has 0 aromatic carbocycles. The lowest BCUT2D eigenvalue weighted by atomic mass is 10.2. The van der Waals surface area contributed by atoms with Crippen molar-refractivity contribution in [3.63, 3.8) is 0 Å². The molecule has 6 nitrogen and oxygen atoms in total. The van der Waals surface area contributed by atoms with Gasteiger partial charge >= 0.3 is 0 Å². The maximum Gasteiger partial charge on any atom is 0.252 e. The van der Waals surface area contributed by atoms with E-state index in [1.54, 1.807) is 24.4 Å². The summed E-state index contributed by atoms with van der Waals surface area (Å²) in [6, 6.07) is 6.91. The van der Waals surface area contributed by atoms with E-state index in [1.165, 1.54) is 6.26 Å². The van der Waals surface area contributed by atoms with Crippen LogP contribution in [-0.4, -0.2) is 35.6 Å². The number of carbonyl (C=O) groups excluding carboxylic acids is 1. The molecule has 2 N–H and O–H groups in total. The highest BCUT2D eigenvalue weighted by atomic mass is 16.4. The van der Waals surface area contributed by atoms with E-state index in [2.05, 4.69) is 29.0 Å². The number of aromatic nitrogens is 1. The zero-order chi connectivity index (χ0) is 15.9. The van der Waals surface area contributed by atoms with Gasteiger partial charge in [0.15, 0.2) is 0 Å². The van der Waals surface area contributed by atoms with E-state index in [4.69, 9.17) is 4.42 Å². The van der Waals surface area contributed by atoms with E-state index in [9.17, 15) is 9.90 Å². The zero-order valence-electron chi connectivity index (χ0n) is 12.8. The summed E-state index contributed by atoms with van der Waals surface area (Å²) >= 11 is 0. The molecule has 22 heavy (non-hydrogen) atoms. The Labute approximate surface area is 129 Å². The molecule has 1 atom stereocenters. The highest BCUT2D eigenvalue weighted by Crippen LogP contribution is 2.13. The first kappa shape index (κ1) is 16.0. The van der Waals surface area contributed by atoms with Gasteiger partial charge in [-0.3, -0.25) is 4.79 Å². The number of carbonyl (C=O) groups is 1. The van der Waals surface area contributed by atoms with Crippen molar-refractivity contribution in [2.45, 2.75) is 20.0 Å². The normalized spacial score (nSPS) is 12.0. The lowest BCUT2D eigenvalue weighted by Gasteiger charge is -2.19. The molecule has 1 unspecified atom stereocenters. The summed E-state index contributed by atoms with van der Waals surface area (Å²) in [5.74, 6) is 0.997. The van der Waals surface area contributed by atoms with Gasteiger partial charge < -0.3 is 19.7 Å². The van der Waals surface area contributed by atoms with Crippen molar-refractivity contribution in [3.8, 4) is 0 Å². The number of anilines is 1. The fourth-order valence-electron chi connectivity index (χ4n) is 2.13. The molecule has 0 aliphatic heterocycles. The van der Waals surface area contributed by atoms with E-state index < -0.39 is 6.10 Å². The topological polar surface area (TPSA) is 78.6 Å². The minimum atomic E-state index is -0.859. The van der Waals surface area contributed by atoms with Crippen molar-refractivity contribution in [2.75, 3.05) is 24.5 Å². The number of hydrogen-bond donors (Lipinski definition) is 2. The largest absolute Gasteiger partial charge is 0.467 e. The second-order valence-corrected chi connectivity index (χ2v) is 4.82. The van der Waals surface area contributed by atoms with Crippen LogP contribution in [0.5, 0.6) is 0 Å². The fourth-order valence-corrected chi connectivity index (χ4v) is 2.13. The number of aliphatic hydroxyl groups is 1. The summed E-state index contributed by atoms with van der Waals surface area (Å²) in [7, 11) is 0. The highest BCUT2D eigenvalue weighted by Gasteiger charge is 2.13. The second kappa shape index (κ2) is 7.61. The van der Waals surface area contributed by atoms with Crippen LogP contribution in [0.3, 0.4) is 0 Å². The molecule has 2 heterocycles. The van der Waals surface area contributed by atoms with E-state index >= 15 is 0 Å². The molecule has 6 heteroatoms. The Morgan fingerprint density at radius 2 is 2.14 bits per heavy atom. The molecule has 1 amide bonds. The molecule has 0 saturated carbocycles. The van der Waals surface area contributed by atoms with Gasteiger partial charge in [-0.2, -0.15) is 0 Å². The third-order valence-electron chi connectivity index (χ3n) is 3.43. The molecule has 0 aliphatic rings. The Balaban J connectivity index is 1.92. The smallest absolute Gasteiger partial charge is 0.252 e. The lowest BCUT2D eigenvalue weighted by Crippen LogP contribution is -2.28. The van der Waals surface area contributed by atoms with E-state index in [-0.39, 0.29) is 12.5 Å². The molecule has 2 rings (SSSR count). The molecule has 0 saturated heterocycles. The van der Waals surface area contributed by atoms with Crippen molar-refractivity contribution in [2.24, 2.45) is 0 Å². The molecule has 2 aromatic rings. The van der Waals surface area contributed by atoms with Crippen LogP contribution in [0.1, 0.15) is 36.1 Å². The van der Waals surface area contributed by atoms with Crippen molar-refractivity contribution in [1.29, 1.82) is 0 Å². The average Bonchev–Trinajstić information content (AvgIpc) is 3.08. The van der Waals surface area contributed by atoms with Gasteiger partial charge in [-0.25, -0.2) is 4.98 Å². The number of nitrogens with one attached hydrogen (secondary N) is 1. The molecule has 0 spiro atoms. The number of furan rings is 1. The van der Waals surface area contributed by atoms with Gasteiger partial charge in [0.25, 0.3) is 5.91 Å². The monoisotopic (exact) mass is 303 g/mol. The van der Waals surface area contributed by atoms with Crippen LogP contribution in [0.2, 0.25) is 0 Å². The summed E-state index contributed by atoms with van der Waals surface area (Å²) < 4.78 is 5.08. The van der Waals surface area contributed by atoms with Crippen LogP contribution >= 0.6 is 0 Å². The Bertz CT molecular complexity index is 577. The summed E-state index contributed by atoms with van der Waals surface area (Å²) in [4.78, 5) is 18.4. The SMILES string of the molecule is CCN(CC)c1ccc(C(=O)NCC(O)c2ccco2)cn1. The van der Waals surface area contributed by atoms with E-state index in [0.29, 0.717) is 11.3 Å². The molecule has 0 radical (unpaired) electrons. The van der Waals surface area contributed by atoms with Crippen molar-refractivity contribution in [1.82, 2.24) is 10.3 Å². The minimum Gasteiger partial charge on any atom is -0.467 e. The molecule has 118 valence electrons. The van der Waals surface area contributed by atoms with Gasteiger partial charge in [0.1, 0.15) is 17.7 Å². The van der Waals surface area contributed by atoms with Crippen LogP contribution < -0.4 is 10.2 Å². The van der Waals surface area contributed by atoms with Gasteiger partial charge in [0, 0.05) is 19.3 Å². The molecular formula is C16H21N3O3. The Morgan fingerprint density at radius 3 is 2.68 bits per heavy atom. The standard InChI is InChI=1S/C16H21N3O3/c1-3-19(4-2)15-8-7-12(10-17-15)16(21)18-11-13(20)14-6-5-9-22-14/h5-10,13,20H,3-4,11H2,1-2H3,(H,18,21). The van der Waals surface area contributed by atoms with Crippen LogP contribution in [-0.2, 0) is 0 Å². The minimum absolute atomic E-state index is 0.0874. The summed E-state index contributed by atoms with van der Waals surface area (Å²) in [6.45, 7) is 5.93. The third kappa shape index (κ3) is 3.85. The summed E-state index contributed by atoms with van der Waals surface area (Å²) in [5.41, 5.74) is 0.461. The number of amides is 1. The Hall–Kier alpha value is -2.34. The molecule has 0 bridgehead atoms. The highest BCUT2D eigenvalue weighted by molar-refractivity contribution is 5.94. The van der Waals surface area contributed by atoms with Crippen LogP contribution in [0, 0.1) is 0 Å². The van der Waals surface area contributed by atoms with Gasteiger partial charge in [-0.1, -0.05) is 0 Å². The quantitative estimate of drug-likeness (QED) is 0.818. The number of hydrogen-bond acceptors (Lipinski definition) is 5. The van der Waals surface area contributed by atoms with Gasteiger partial charge in [-0.05, 0) is 38.1 Å². The maximum atomic E-state index is 12.0. The first-order valence-electron chi connectivity index (χ1n) is 7.36. The van der Waals surface area contributed by atoms with Crippen molar-refractivity contribution in [3.05, 3.63) is 48.0 Å². The third-order valence-corrected chi connectivity index (χ3v) is 3.43. The number of aliphatic hydroxyl groups excluding tert-OH is 1. The number of nitrogens with zero attached hydrogens (tertiary/aromatic N) is 2. The molecule has 0 fully saturated rings. The van der Waals surface area contributed by atoms with Gasteiger partial charge in [0.05, 0.1) is 18.4 Å². The fraction of sp³-hybridized carbons (Fsp3) is 0.375. The van der Waals surface area contributed by atoms with E-state index in [1.807, 2.05) is 6.07 Å². The Morgan fingerprint density at radius 1 is 1.36 bits per heavy atom. The lowest BCUT2D eigenvalue weighted by molar-refractivity contribution is 0.0901. The number of rotatable bonds is 7. The molecule has 2 aromatic heterocycles. The van der Waals surface area contributed by atoms with Gasteiger partial charge in [-0.15, -0.1) is 0 Å².